The van der Waals surface area contributed by atoms with Crippen LogP contribution in [0.2, 0.25) is 0 Å². The van der Waals surface area contributed by atoms with Crippen molar-refractivity contribution in [2.24, 2.45) is 0 Å². The highest BCUT2D eigenvalue weighted by atomic mass is 16.5. The van der Waals surface area contributed by atoms with E-state index in [1.165, 1.54) is 0 Å². The Hall–Kier alpha value is -2.84. The number of aliphatic hydroxyl groups excluding tert-OH is 2. The second-order valence-electron chi connectivity index (χ2n) is 4.62. The number of hydrogen-bond acceptors (Lipinski definition) is 7. The molecule has 23 heavy (non-hydrogen) atoms. The molecular formula is C14H21N3O6. The van der Waals surface area contributed by atoms with Crippen LogP contribution in [-0.4, -0.2) is 51.5 Å². The SMILES string of the molecule is CC(C)NC(=O)OCCCc1cnc[nH]1.O=C/C(O)=C(\O)C=O. The van der Waals surface area contributed by atoms with Gasteiger partial charge in [0.15, 0.2) is 12.6 Å². The third-order valence-corrected chi connectivity index (χ3v) is 2.27. The van der Waals surface area contributed by atoms with Crippen LogP contribution in [0.15, 0.2) is 24.0 Å². The maximum Gasteiger partial charge on any atom is 0.407 e. The van der Waals surface area contributed by atoms with Crippen molar-refractivity contribution in [1.82, 2.24) is 15.3 Å². The molecule has 1 amide bonds. The number of rotatable bonds is 7. The van der Waals surface area contributed by atoms with Gasteiger partial charge < -0.3 is 25.3 Å². The maximum atomic E-state index is 11.1. The van der Waals surface area contributed by atoms with E-state index in [-0.39, 0.29) is 24.7 Å². The normalized spacial score (nSPS) is 10.9. The number of aldehydes is 2. The number of amides is 1. The minimum atomic E-state index is -0.944. The number of aromatic nitrogens is 2. The van der Waals surface area contributed by atoms with E-state index in [9.17, 15) is 14.4 Å². The van der Waals surface area contributed by atoms with Crippen molar-refractivity contribution in [2.45, 2.75) is 32.7 Å². The molecule has 9 nitrogen and oxygen atoms in total. The molecule has 1 aromatic rings. The van der Waals surface area contributed by atoms with Crippen molar-refractivity contribution in [2.75, 3.05) is 6.61 Å². The smallest absolute Gasteiger partial charge is 0.407 e. The lowest BCUT2D eigenvalue weighted by Crippen LogP contribution is -2.30. The van der Waals surface area contributed by atoms with Crippen LogP contribution < -0.4 is 5.32 Å². The van der Waals surface area contributed by atoms with E-state index in [1.807, 2.05) is 13.8 Å². The number of carbonyl (C=O) groups is 3. The fraction of sp³-hybridized carbons (Fsp3) is 0.429. The average molecular weight is 327 g/mol. The van der Waals surface area contributed by atoms with Gasteiger partial charge in [0.25, 0.3) is 0 Å². The monoisotopic (exact) mass is 327 g/mol. The van der Waals surface area contributed by atoms with Crippen LogP contribution in [-0.2, 0) is 20.7 Å². The van der Waals surface area contributed by atoms with Crippen molar-refractivity contribution >= 4 is 18.7 Å². The molecule has 9 heteroatoms. The number of carbonyl (C=O) groups excluding carboxylic acids is 3. The molecule has 0 saturated heterocycles. The summed E-state index contributed by atoms with van der Waals surface area (Å²) in [5.41, 5.74) is 1.06. The first kappa shape index (κ1) is 20.2. The highest BCUT2D eigenvalue weighted by Crippen LogP contribution is 1.97. The number of allylic oxidation sites excluding steroid dienone is 2. The standard InChI is InChI=1S/C10H17N3O2.C4H4O4/c1-8(2)13-10(14)15-5-3-4-9-6-11-7-12-9;5-1-3(7)4(8)2-6/h6-8H,3-5H2,1-2H3,(H,11,12)(H,13,14);1-2,7-8H/b;4-3+. The summed E-state index contributed by atoms with van der Waals surface area (Å²) in [4.78, 5) is 36.9. The van der Waals surface area contributed by atoms with Crippen LogP contribution in [0, 0.1) is 0 Å². The summed E-state index contributed by atoms with van der Waals surface area (Å²) >= 11 is 0. The van der Waals surface area contributed by atoms with Crippen LogP contribution in [0.25, 0.3) is 0 Å². The topological polar surface area (TPSA) is 142 Å². The summed E-state index contributed by atoms with van der Waals surface area (Å²) in [6.45, 7) is 4.22. The summed E-state index contributed by atoms with van der Waals surface area (Å²) in [5.74, 6) is -1.89. The Morgan fingerprint density at radius 3 is 2.39 bits per heavy atom. The summed E-state index contributed by atoms with van der Waals surface area (Å²) < 4.78 is 4.97. The number of imidazole rings is 1. The first-order valence-electron chi connectivity index (χ1n) is 6.83. The summed E-state index contributed by atoms with van der Waals surface area (Å²) in [5, 5.41) is 19.0. The molecule has 128 valence electrons. The van der Waals surface area contributed by atoms with Crippen molar-refractivity contribution in [3.8, 4) is 0 Å². The number of aromatic amines is 1. The van der Waals surface area contributed by atoms with E-state index >= 15 is 0 Å². The van der Waals surface area contributed by atoms with Gasteiger partial charge in [0.05, 0.1) is 12.9 Å². The number of nitrogens with one attached hydrogen (secondary N) is 2. The number of alkyl carbamates (subject to hydrolysis) is 1. The lowest BCUT2D eigenvalue weighted by molar-refractivity contribution is -0.110. The molecule has 0 aromatic carbocycles. The Morgan fingerprint density at radius 1 is 1.35 bits per heavy atom. The van der Waals surface area contributed by atoms with Crippen LogP contribution in [0.1, 0.15) is 26.0 Å². The Balaban J connectivity index is 0.000000515. The van der Waals surface area contributed by atoms with Gasteiger partial charge in [-0.05, 0) is 26.7 Å². The summed E-state index contributed by atoms with van der Waals surface area (Å²) in [6, 6.07) is 0.116. The van der Waals surface area contributed by atoms with Crippen molar-refractivity contribution in [1.29, 1.82) is 0 Å². The zero-order chi connectivity index (χ0) is 17.7. The van der Waals surface area contributed by atoms with Crippen LogP contribution in [0.5, 0.6) is 0 Å². The molecule has 1 heterocycles. The number of hydrogen-bond donors (Lipinski definition) is 4. The lowest BCUT2D eigenvalue weighted by atomic mass is 10.3. The third-order valence-electron chi connectivity index (χ3n) is 2.27. The highest BCUT2D eigenvalue weighted by molar-refractivity contribution is 5.81. The van der Waals surface area contributed by atoms with Gasteiger partial charge >= 0.3 is 6.09 Å². The van der Waals surface area contributed by atoms with Crippen LogP contribution >= 0.6 is 0 Å². The molecule has 0 spiro atoms. The molecule has 0 unspecified atom stereocenters. The van der Waals surface area contributed by atoms with E-state index in [0.717, 1.165) is 18.5 Å². The first-order valence-corrected chi connectivity index (χ1v) is 6.83. The predicted molar refractivity (Wildman–Crippen MR) is 80.9 cm³/mol. The van der Waals surface area contributed by atoms with Crippen molar-refractivity contribution in [3.05, 3.63) is 29.7 Å². The van der Waals surface area contributed by atoms with Crippen LogP contribution in [0.3, 0.4) is 0 Å². The van der Waals surface area contributed by atoms with Gasteiger partial charge in [0.2, 0.25) is 11.5 Å². The Morgan fingerprint density at radius 2 is 1.96 bits per heavy atom. The zero-order valence-electron chi connectivity index (χ0n) is 13.0. The molecule has 0 fully saturated rings. The van der Waals surface area contributed by atoms with Crippen LogP contribution in [0.4, 0.5) is 4.79 Å². The Labute approximate surface area is 133 Å². The van der Waals surface area contributed by atoms with Gasteiger partial charge in [-0.25, -0.2) is 9.78 Å². The Kier molecular flexibility index (Phi) is 10.3. The number of nitrogens with zero attached hydrogens (tertiary/aromatic N) is 1. The minimum Gasteiger partial charge on any atom is -0.502 e. The molecule has 0 aliphatic heterocycles. The fourth-order valence-electron chi connectivity index (χ4n) is 1.25. The molecule has 0 aliphatic rings. The number of ether oxygens (including phenoxy) is 1. The van der Waals surface area contributed by atoms with E-state index in [4.69, 9.17) is 14.9 Å². The van der Waals surface area contributed by atoms with E-state index in [2.05, 4.69) is 15.3 Å². The van der Waals surface area contributed by atoms with Gasteiger partial charge in [-0.1, -0.05) is 0 Å². The molecule has 0 saturated carbocycles. The zero-order valence-corrected chi connectivity index (χ0v) is 13.0. The molecule has 0 atom stereocenters. The van der Waals surface area contributed by atoms with Gasteiger partial charge in [-0.15, -0.1) is 0 Å². The van der Waals surface area contributed by atoms with Gasteiger partial charge in [-0.2, -0.15) is 0 Å². The molecule has 4 N–H and O–H groups in total. The third kappa shape index (κ3) is 10.5. The van der Waals surface area contributed by atoms with Gasteiger partial charge in [0.1, 0.15) is 0 Å². The molecule has 1 rings (SSSR count). The second-order valence-corrected chi connectivity index (χ2v) is 4.62. The average Bonchev–Trinajstić information content (AvgIpc) is 3.03. The van der Waals surface area contributed by atoms with Gasteiger partial charge in [0, 0.05) is 17.9 Å². The van der Waals surface area contributed by atoms with E-state index in [0.29, 0.717) is 6.61 Å². The first-order chi connectivity index (χ1) is 10.9. The van der Waals surface area contributed by atoms with Crippen molar-refractivity contribution in [3.63, 3.8) is 0 Å². The van der Waals surface area contributed by atoms with Crippen molar-refractivity contribution < 1.29 is 29.3 Å². The highest BCUT2D eigenvalue weighted by Gasteiger charge is 2.03. The predicted octanol–water partition coefficient (Wildman–Crippen LogP) is 1.19. The largest absolute Gasteiger partial charge is 0.502 e. The minimum absolute atomic E-state index is 0.0241. The Bertz CT molecular complexity index is 495. The van der Waals surface area contributed by atoms with E-state index < -0.39 is 11.5 Å². The lowest BCUT2D eigenvalue weighted by Gasteiger charge is -2.08. The number of H-pyrrole nitrogens is 1. The molecular weight excluding hydrogens is 306 g/mol. The number of aliphatic hydroxyl groups is 2. The maximum absolute atomic E-state index is 11.1. The van der Waals surface area contributed by atoms with E-state index in [1.54, 1.807) is 12.5 Å². The summed E-state index contributed by atoms with van der Waals surface area (Å²) in [6.07, 6.45) is 4.65. The molecule has 0 radical (unpaired) electrons. The molecule has 0 bridgehead atoms. The quantitative estimate of drug-likeness (QED) is 0.255. The molecule has 0 aliphatic carbocycles. The number of aryl methyl sites for hydroxylation is 1. The molecule has 1 aromatic heterocycles. The van der Waals surface area contributed by atoms with Gasteiger partial charge in [-0.3, -0.25) is 9.59 Å². The second kappa shape index (κ2) is 11.8. The fourth-order valence-corrected chi connectivity index (χ4v) is 1.25. The summed E-state index contributed by atoms with van der Waals surface area (Å²) in [7, 11) is 0.